The van der Waals surface area contributed by atoms with Crippen LogP contribution in [0.4, 0.5) is 13.2 Å². The maximum atomic E-state index is 12.6. The number of amides is 2. The van der Waals surface area contributed by atoms with Crippen molar-refractivity contribution in [2.24, 2.45) is 0 Å². The number of rotatable bonds is 5. The van der Waals surface area contributed by atoms with Crippen LogP contribution in [0.1, 0.15) is 16.1 Å². The Labute approximate surface area is 165 Å². The second-order valence-electron chi connectivity index (χ2n) is 5.37. The number of alkyl halides is 3. The van der Waals surface area contributed by atoms with Crippen LogP contribution in [0.15, 0.2) is 46.5 Å². The van der Waals surface area contributed by atoms with Gasteiger partial charge in [0.25, 0.3) is 11.8 Å². The minimum atomic E-state index is -4.51. The monoisotopic (exact) mass is 427 g/mol. The number of halogens is 3. The van der Waals surface area contributed by atoms with E-state index in [0.29, 0.717) is 5.01 Å². The van der Waals surface area contributed by atoms with Crippen molar-refractivity contribution >= 4 is 34.5 Å². The highest BCUT2D eigenvalue weighted by Crippen LogP contribution is 2.31. The van der Waals surface area contributed by atoms with Crippen molar-refractivity contribution in [2.75, 3.05) is 6.61 Å². The number of hydrazine groups is 1. The molecule has 6 nitrogen and oxygen atoms in total. The Morgan fingerprint density at radius 1 is 1.14 bits per heavy atom. The van der Waals surface area contributed by atoms with Gasteiger partial charge >= 0.3 is 6.18 Å². The summed E-state index contributed by atoms with van der Waals surface area (Å²) in [4.78, 5) is 27.9. The Hall–Kier alpha value is -2.92. The van der Waals surface area contributed by atoms with Gasteiger partial charge in [0.05, 0.1) is 5.56 Å². The maximum absolute atomic E-state index is 12.6. The molecule has 0 spiro atoms. The van der Waals surface area contributed by atoms with Crippen molar-refractivity contribution in [3.05, 3.63) is 57.7 Å². The van der Waals surface area contributed by atoms with Crippen molar-refractivity contribution < 1.29 is 27.5 Å². The zero-order valence-corrected chi connectivity index (χ0v) is 15.6. The number of hydrogen-bond donors (Lipinski definition) is 2. The van der Waals surface area contributed by atoms with E-state index in [2.05, 4.69) is 15.8 Å². The van der Waals surface area contributed by atoms with E-state index in [1.165, 1.54) is 34.8 Å². The van der Waals surface area contributed by atoms with Gasteiger partial charge in [0, 0.05) is 16.3 Å². The van der Waals surface area contributed by atoms with Crippen LogP contribution in [-0.4, -0.2) is 23.4 Å². The molecular formula is C17H12F3N3O3S2. The summed E-state index contributed by atoms with van der Waals surface area (Å²) in [6, 6.07) is 6.02. The van der Waals surface area contributed by atoms with Crippen LogP contribution in [0.25, 0.3) is 10.6 Å². The first-order valence-electron chi connectivity index (χ1n) is 7.70. The molecule has 0 radical (unpaired) electrons. The number of carbonyl (C=O) groups excluding carboxylic acids is 2. The van der Waals surface area contributed by atoms with E-state index >= 15 is 0 Å². The van der Waals surface area contributed by atoms with Crippen LogP contribution >= 0.6 is 22.7 Å². The molecule has 0 saturated heterocycles. The van der Waals surface area contributed by atoms with Crippen molar-refractivity contribution in [1.29, 1.82) is 0 Å². The lowest BCUT2D eigenvalue weighted by Crippen LogP contribution is -2.43. The quantitative estimate of drug-likeness (QED) is 0.608. The van der Waals surface area contributed by atoms with Gasteiger partial charge in [-0.25, -0.2) is 4.98 Å². The lowest BCUT2D eigenvalue weighted by Gasteiger charge is -2.10. The number of nitrogens with zero attached hydrogens (tertiary/aromatic N) is 1. The molecule has 2 heterocycles. The van der Waals surface area contributed by atoms with Gasteiger partial charge in [0.15, 0.2) is 6.61 Å². The number of thiophene rings is 1. The van der Waals surface area contributed by atoms with Crippen LogP contribution < -0.4 is 15.6 Å². The molecule has 11 heteroatoms. The van der Waals surface area contributed by atoms with E-state index in [1.807, 2.05) is 16.8 Å². The second kappa shape index (κ2) is 8.40. The zero-order chi connectivity index (χ0) is 20.1. The van der Waals surface area contributed by atoms with Gasteiger partial charge in [-0.1, -0.05) is 6.07 Å². The molecule has 28 heavy (non-hydrogen) atoms. The molecule has 2 amide bonds. The minimum Gasteiger partial charge on any atom is -0.484 e. The molecule has 0 atom stereocenters. The highest BCUT2D eigenvalue weighted by Gasteiger charge is 2.30. The van der Waals surface area contributed by atoms with E-state index in [0.717, 1.165) is 17.7 Å². The first-order valence-corrected chi connectivity index (χ1v) is 9.52. The van der Waals surface area contributed by atoms with Crippen molar-refractivity contribution in [3.63, 3.8) is 0 Å². The van der Waals surface area contributed by atoms with E-state index in [9.17, 15) is 22.8 Å². The normalized spacial score (nSPS) is 11.1. The van der Waals surface area contributed by atoms with Gasteiger partial charge < -0.3 is 4.74 Å². The fraction of sp³-hybridized carbons (Fsp3) is 0.118. The van der Waals surface area contributed by atoms with Gasteiger partial charge in [-0.05, 0) is 29.6 Å². The Kier molecular flexibility index (Phi) is 5.95. The number of ether oxygens (including phenoxy) is 1. The van der Waals surface area contributed by atoms with Crippen LogP contribution in [0, 0.1) is 0 Å². The molecule has 1 aromatic carbocycles. The average Bonchev–Trinajstić information content (AvgIpc) is 3.35. The summed E-state index contributed by atoms with van der Waals surface area (Å²) in [6.07, 6.45) is -4.51. The number of hydrogen-bond acceptors (Lipinski definition) is 6. The largest absolute Gasteiger partial charge is 0.484 e. The topological polar surface area (TPSA) is 80.3 Å². The van der Waals surface area contributed by atoms with Crippen LogP contribution in [-0.2, 0) is 11.0 Å². The summed E-state index contributed by atoms with van der Waals surface area (Å²) >= 11 is 2.79. The molecule has 2 N–H and O–H groups in total. The molecule has 0 aliphatic carbocycles. The Bertz CT molecular complexity index is 971. The molecule has 0 aliphatic rings. The molecule has 146 valence electrons. The Morgan fingerprint density at radius 2 is 1.96 bits per heavy atom. The lowest BCUT2D eigenvalue weighted by atomic mass is 10.2. The second-order valence-corrected chi connectivity index (χ2v) is 7.00. The molecule has 0 unspecified atom stereocenters. The maximum Gasteiger partial charge on any atom is 0.416 e. The third-order valence-electron chi connectivity index (χ3n) is 3.35. The van der Waals surface area contributed by atoms with Crippen molar-refractivity contribution in [2.45, 2.75) is 6.18 Å². The minimum absolute atomic E-state index is 0.115. The van der Waals surface area contributed by atoms with Gasteiger partial charge in [0.2, 0.25) is 0 Å². The standard InChI is InChI=1S/C17H12F3N3O3S2/c18-17(19,20)11-2-1-3-12(6-11)26-7-14(24)22-23-15(25)13-9-28-16(21-13)10-4-5-27-8-10/h1-6,8-9H,7H2,(H,22,24)(H,23,25). The average molecular weight is 427 g/mol. The third-order valence-corrected chi connectivity index (χ3v) is 4.93. The third kappa shape index (κ3) is 5.08. The highest BCUT2D eigenvalue weighted by atomic mass is 32.1. The molecule has 3 rings (SSSR count). The first-order chi connectivity index (χ1) is 13.3. The fourth-order valence-corrected chi connectivity index (χ4v) is 3.55. The summed E-state index contributed by atoms with van der Waals surface area (Å²) in [6.45, 7) is -0.571. The van der Waals surface area contributed by atoms with Gasteiger partial charge in [-0.15, -0.1) is 11.3 Å². The SMILES string of the molecule is O=C(COc1cccc(C(F)(F)F)c1)NNC(=O)c1csc(-c2ccsc2)n1. The van der Waals surface area contributed by atoms with Crippen molar-refractivity contribution in [1.82, 2.24) is 15.8 Å². The molecule has 0 bridgehead atoms. The summed E-state index contributed by atoms with van der Waals surface area (Å²) in [7, 11) is 0. The van der Waals surface area contributed by atoms with E-state index in [4.69, 9.17) is 4.74 Å². The van der Waals surface area contributed by atoms with Crippen LogP contribution in [0.3, 0.4) is 0 Å². The molecule has 2 aromatic heterocycles. The smallest absolute Gasteiger partial charge is 0.416 e. The predicted molar refractivity (Wildman–Crippen MR) is 98.0 cm³/mol. The summed E-state index contributed by atoms with van der Waals surface area (Å²) < 4.78 is 42.9. The first kappa shape index (κ1) is 19.8. The molecule has 3 aromatic rings. The van der Waals surface area contributed by atoms with Crippen LogP contribution in [0.5, 0.6) is 5.75 Å². The van der Waals surface area contributed by atoms with Gasteiger partial charge in [0.1, 0.15) is 16.5 Å². The Morgan fingerprint density at radius 3 is 2.68 bits per heavy atom. The fourth-order valence-electron chi connectivity index (χ4n) is 2.03. The van der Waals surface area contributed by atoms with Crippen molar-refractivity contribution in [3.8, 4) is 16.3 Å². The molecular weight excluding hydrogens is 415 g/mol. The van der Waals surface area contributed by atoms with Crippen LogP contribution in [0.2, 0.25) is 0 Å². The van der Waals surface area contributed by atoms with Gasteiger partial charge in [-0.3, -0.25) is 20.4 Å². The number of benzene rings is 1. The highest BCUT2D eigenvalue weighted by molar-refractivity contribution is 7.14. The lowest BCUT2D eigenvalue weighted by molar-refractivity contribution is -0.137. The van der Waals surface area contributed by atoms with E-state index in [-0.39, 0.29) is 11.4 Å². The predicted octanol–water partition coefficient (Wildman–Crippen LogP) is 3.73. The van der Waals surface area contributed by atoms with Gasteiger partial charge in [-0.2, -0.15) is 24.5 Å². The Balaban J connectivity index is 1.49. The number of nitrogens with one attached hydrogen (secondary N) is 2. The number of carbonyl (C=O) groups is 2. The number of aromatic nitrogens is 1. The summed E-state index contributed by atoms with van der Waals surface area (Å²) in [5.74, 6) is -1.47. The van der Waals surface area contributed by atoms with E-state index in [1.54, 1.807) is 5.38 Å². The summed E-state index contributed by atoms with van der Waals surface area (Å²) in [5.41, 5.74) is 4.44. The molecule has 0 saturated carbocycles. The summed E-state index contributed by atoms with van der Waals surface area (Å²) in [5, 5.41) is 6.01. The zero-order valence-electron chi connectivity index (χ0n) is 13.9. The number of thiazole rings is 1. The molecule has 0 aliphatic heterocycles. The van der Waals surface area contributed by atoms with E-state index < -0.39 is 30.2 Å². The molecule has 0 fully saturated rings.